The van der Waals surface area contributed by atoms with E-state index >= 15 is 0 Å². The van der Waals surface area contributed by atoms with Crippen LogP contribution in [0.5, 0.6) is 0 Å². The third-order valence-electron chi connectivity index (χ3n) is 5.08. The monoisotopic (exact) mass is 485 g/mol. The molecule has 0 saturated heterocycles. The van der Waals surface area contributed by atoms with Gasteiger partial charge in [0, 0.05) is 28.7 Å². The summed E-state index contributed by atoms with van der Waals surface area (Å²) < 4.78 is 2.42. The van der Waals surface area contributed by atoms with E-state index in [0.717, 1.165) is 28.6 Å². The van der Waals surface area contributed by atoms with Crippen LogP contribution in [0.25, 0.3) is 10.9 Å². The SMILES string of the molecule is CCn1c(SCC(=O)c2ccc3c(c2)CCCC(=O)N3)nc2ccc(Br)cc2c1=O. The molecular weight excluding hydrogens is 466 g/mol. The van der Waals surface area contributed by atoms with Crippen molar-refractivity contribution in [3.8, 4) is 0 Å². The van der Waals surface area contributed by atoms with E-state index < -0.39 is 0 Å². The number of anilines is 1. The van der Waals surface area contributed by atoms with E-state index in [2.05, 4.69) is 26.2 Å². The van der Waals surface area contributed by atoms with Crippen LogP contribution in [-0.4, -0.2) is 27.0 Å². The first-order chi connectivity index (χ1) is 14.5. The van der Waals surface area contributed by atoms with Gasteiger partial charge in [-0.1, -0.05) is 27.7 Å². The van der Waals surface area contributed by atoms with Gasteiger partial charge in [-0.2, -0.15) is 0 Å². The Morgan fingerprint density at radius 3 is 2.83 bits per heavy atom. The summed E-state index contributed by atoms with van der Waals surface area (Å²) in [5, 5.41) is 3.97. The Morgan fingerprint density at radius 1 is 1.20 bits per heavy atom. The number of carbonyl (C=O) groups is 2. The number of nitrogens with zero attached hydrogens (tertiary/aromatic N) is 2. The molecule has 0 atom stereocenters. The summed E-state index contributed by atoms with van der Waals surface area (Å²) in [6, 6.07) is 10.8. The van der Waals surface area contributed by atoms with Gasteiger partial charge in [0.2, 0.25) is 5.91 Å². The molecule has 0 bridgehead atoms. The number of hydrogen-bond acceptors (Lipinski definition) is 5. The maximum atomic E-state index is 12.8. The van der Waals surface area contributed by atoms with E-state index in [1.807, 2.05) is 19.1 Å². The molecule has 3 aromatic rings. The van der Waals surface area contributed by atoms with Gasteiger partial charge >= 0.3 is 0 Å². The number of aromatic nitrogens is 2. The van der Waals surface area contributed by atoms with Crippen molar-refractivity contribution in [3.63, 3.8) is 0 Å². The van der Waals surface area contributed by atoms with E-state index in [1.165, 1.54) is 11.8 Å². The summed E-state index contributed by atoms with van der Waals surface area (Å²) in [6.45, 7) is 2.36. The number of benzene rings is 2. The number of carbonyl (C=O) groups excluding carboxylic acids is 2. The van der Waals surface area contributed by atoms with Gasteiger partial charge in [-0.3, -0.25) is 19.0 Å². The lowest BCUT2D eigenvalue weighted by molar-refractivity contribution is -0.116. The Labute approximate surface area is 186 Å². The van der Waals surface area contributed by atoms with Crippen molar-refractivity contribution in [1.82, 2.24) is 9.55 Å². The number of thioether (sulfide) groups is 1. The van der Waals surface area contributed by atoms with Gasteiger partial charge in [0.1, 0.15) is 0 Å². The maximum absolute atomic E-state index is 12.8. The van der Waals surface area contributed by atoms with Gasteiger partial charge in [0.25, 0.3) is 5.56 Å². The minimum atomic E-state index is -0.112. The average molecular weight is 486 g/mol. The zero-order valence-corrected chi connectivity index (χ0v) is 18.8. The fourth-order valence-electron chi connectivity index (χ4n) is 3.52. The van der Waals surface area contributed by atoms with Gasteiger partial charge in [-0.15, -0.1) is 0 Å². The molecule has 154 valence electrons. The molecule has 0 spiro atoms. The van der Waals surface area contributed by atoms with E-state index in [4.69, 9.17) is 0 Å². The van der Waals surface area contributed by atoms with Gasteiger partial charge in [-0.05, 0) is 61.7 Å². The lowest BCUT2D eigenvalue weighted by atomic mass is 10.0. The highest BCUT2D eigenvalue weighted by molar-refractivity contribution is 9.10. The summed E-state index contributed by atoms with van der Waals surface area (Å²) in [5.74, 6) is 0.154. The molecule has 2 aromatic carbocycles. The van der Waals surface area contributed by atoms with Crippen LogP contribution in [0.2, 0.25) is 0 Å². The number of amides is 1. The third-order valence-corrected chi connectivity index (χ3v) is 6.55. The molecule has 1 aliphatic heterocycles. The third kappa shape index (κ3) is 4.20. The first kappa shape index (κ1) is 20.8. The van der Waals surface area contributed by atoms with Crippen LogP contribution in [0, 0.1) is 0 Å². The second-order valence-corrected chi connectivity index (χ2v) is 8.95. The highest BCUT2D eigenvalue weighted by Gasteiger charge is 2.17. The Bertz CT molecular complexity index is 1220. The van der Waals surface area contributed by atoms with E-state index in [-0.39, 0.29) is 23.0 Å². The largest absolute Gasteiger partial charge is 0.326 e. The molecule has 0 saturated carbocycles. The molecule has 0 unspecified atom stereocenters. The Balaban J connectivity index is 1.58. The summed E-state index contributed by atoms with van der Waals surface area (Å²) in [5.41, 5.74) is 2.87. The van der Waals surface area contributed by atoms with Gasteiger partial charge in [-0.25, -0.2) is 4.98 Å². The van der Waals surface area contributed by atoms with Crippen molar-refractivity contribution in [2.45, 2.75) is 37.9 Å². The molecule has 0 aliphatic carbocycles. The molecule has 0 radical (unpaired) electrons. The topological polar surface area (TPSA) is 81.1 Å². The van der Waals surface area contributed by atoms with Crippen molar-refractivity contribution in [1.29, 1.82) is 0 Å². The molecule has 6 nitrogen and oxygen atoms in total. The summed E-state index contributed by atoms with van der Waals surface area (Å²) in [6.07, 6.45) is 2.02. The predicted octanol–water partition coefficient (Wildman–Crippen LogP) is 4.43. The maximum Gasteiger partial charge on any atom is 0.262 e. The van der Waals surface area contributed by atoms with Crippen LogP contribution >= 0.6 is 27.7 Å². The zero-order valence-electron chi connectivity index (χ0n) is 16.4. The molecule has 0 fully saturated rings. The van der Waals surface area contributed by atoms with Gasteiger partial charge < -0.3 is 5.32 Å². The quantitative estimate of drug-likeness (QED) is 0.328. The number of halogens is 1. The predicted molar refractivity (Wildman–Crippen MR) is 122 cm³/mol. The lowest BCUT2D eigenvalue weighted by Crippen LogP contribution is -2.23. The fraction of sp³-hybridized carbons (Fsp3) is 0.273. The number of aryl methyl sites for hydroxylation is 1. The zero-order chi connectivity index (χ0) is 21.3. The number of rotatable bonds is 5. The van der Waals surface area contributed by atoms with Crippen molar-refractivity contribution in [3.05, 3.63) is 62.4 Å². The van der Waals surface area contributed by atoms with E-state index in [1.54, 1.807) is 28.8 Å². The van der Waals surface area contributed by atoms with Crippen molar-refractivity contribution in [2.75, 3.05) is 11.1 Å². The normalized spacial score (nSPS) is 13.6. The summed E-state index contributed by atoms with van der Waals surface area (Å²) in [7, 11) is 0. The molecule has 1 aromatic heterocycles. The molecule has 1 amide bonds. The second-order valence-electron chi connectivity index (χ2n) is 7.09. The van der Waals surface area contributed by atoms with Gasteiger partial charge in [0.05, 0.1) is 16.7 Å². The lowest BCUT2D eigenvalue weighted by Gasteiger charge is -2.12. The second kappa shape index (κ2) is 8.73. The molecule has 30 heavy (non-hydrogen) atoms. The molecule has 1 aliphatic rings. The number of nitrogens with one attached hydrogen (secondary N) is 1. The average Bonchev–Trinajstić information content (AvgIpc) is 2.92. The standard InChI is InChI=1S/C22H20BrN3O3S/c1-2-26-21(29)16-11-15(23)7-9-18(16)25-22(26)30-12-19(27)14-6-8-17-13(10-14)4-3-5-20(28)24-17/h6-11H,2-5,12H2,1H3,(H,24,28). The molecule has 4 rings (SSSR count). The molecule has 8 heteroatoms. The first-order valence-electron chi connectivity index (χ1n) is 9.75. The van der Waals surface area contributed by atoms with Crippen LogP contribution in [0.3, 0.4) is 0 Å². The molecule has 1 N–H and O–H groups in total. The summed E-state index contributed by atoms with van der Waals surface area (Å²) in [4.78, 5) is 42.0. The van der Waals surface area contributed by atoms with E-state index in [9.17, 15) is 14.4 Å². The number of fused-ring (bicyclic) bond motifs is 2. The Hall–Kier alpha value is -2.45. The Morgan fingerprint density at radius 2 is 2.03 bits per heavy atom. The number of ketones is 1. The van der Waals surface area contributed by atoms with Crippen LogP contribution < -0.4 is 10.9 Å². The highest BCUT2D eigenvalue weighted by Crippen LogP contribution is 2.25. The van der Waals surface area contributed by atoms with Crippen LogP contribution in [0.4, 0.5) is 5.69 Å². The molecule has 2 heterocycles. The van der Waals surface area contributed by atoms with Crippen LogP contribution in [0.1, 0.15) is 35.7 Å². The minimum absolute atomic E-state index is 0.00956. The number of Topliss-reactive ketones (excluding diaryl/α,β-unsaturated/α-hetero) is 1. The van der Waals surface area contributed by atoms with Crippen molar-refractivity contribution >= 4 is 56.0 Å². The number of hydrogen-bond donors (Lipinski definition) is 1. The Kier molecular flexibility index (Phi) is 6.06. The molecular formula is C22H20BrN3O3S. The van der Waals surface area contributed by atoms with E-state index in [0.29, 0.717) is 34.6 Å². The van der Waals surface area contributed by atoms with Crippen molar-refractivity contribution in [2.24, 2.45) is 0 Å². The fourth-order valence-corrected chi connectivity index (χ4v) is 4.84. The van der Waals surface area contributed by atoms with Crippen molar-refractivity contribution < 1.29 is 9.59 Å². The van der Waals surface area contributed by atoms with Gasteiger partial charge in [0.15, 0.2) is 10.9 Å². The summed E-state index contributed by atoms with van der Waals surface area (Å²) >= 11 is 4.66. The van der Waals surface area contributed by atoms with Crippen LogP contribution in [0.15, 0.2) is 50.8 Å². The first-order valence-corrected chi connectivity index (χ1v) is 11.5. The van der Waals surface area contributed by atoms with Crippen LogP contribution in [-0.2, 0) is 17.8 Å². The minimum Gasteiger partial charge on any atom is -0.326 e. The highest BCUT2D eigenvalue weighted by atomic mass is 79.9. The smallest absolute Gasteiger partial charge is 0.262 e.